The van der Waals surface area contributed by atoms with Crippen LogP contribution in [0, 0.1) is 5.82 Å². The predicted octanol–water partition coefficient (Wildman–Crippen LogP) is 3.04. The molecule has 2 aromatic carbocycles. The number of halogens is 2. The van der Waals surface area contributed by atoms with Crippen molar-refractivity contribution in [2.24, 2.45) is 0 Å². The summed E-state index contributed by atoms with van der Waals surface area (Å²) in [7, 11) is -2.34. The Morgan fingerprint density at radius 2 is 1.95 bits per heavy atom. The Bertz CT molecular complexity index is 758. The number of nitrogen functional groups attached to an aromatic ring is 1. The fourth-order valence-corrected chi connectivity index (χ4v) is 3.52. The molecule has 0 heterocycles. The summed E-state index contributed by atoms with van der Waals surface area (Å²) in [5, 5.41) is 0.389. The van der Waals surface area contributed by atoms with Crippen LogP contribution >= 0.6 is 11.6 Å². The average Bonchev–Trinajstić information content (AvgIpc) is 2.37. The van der Waals surface area contributed by atoms with Crippen LogP contribution in [0.15, 0.2) is 41.3 Å². The van der Waals surface area contributed by atoms with Gasteiger partial charge in [0.1, 0.15) is 11.6 Å². The minimum Gasteiger partial charge on any atom is -0.496 e. The Morgan fingerprint density at radius 3 is 2.57 bits per heavy atom. The lowest BCUT2D eigenvalue weighted by Gasteiger charge is -2.10. The molecular formula is C14H13ClFNO3S. The second kappa shape index (κ2) is 5.91. The lowest BCUT2D eigenvalue weighted by molar-refractivity contribution is 0.411. The van der Waals surface area contributed by atoms with E-state index in [1.807, 2.05) is 0 Å². The second-order valence-electron chi connectivity index (χ2n) is 4.44. The smallest absolute Gasteiger partial charge is 0.182 e. The van der Waals surface area contributed by atoms with Crippen LogP contribution in [0.3, 0.4) is 0 Å². The summed E-state index contributed by atoms with van der Waals surface area (Å²) in [4.78, 5) is -0.179. The van der Waals surface area contributed by atoms with Crippen LogP contribution in [-0.2, 0) is 15.6 Å². The SMILES string of the molecule is COc1ccc(Cl)cc1CS(=O)(=O)c1cc(N)cc(F)c1. The van der Waals surface area contributed by atoms with Crippen LogP contribution in [0.1, 0.15) is 5.56 Å². The van der Waals surface area contributed by atoms with Crippen molar-refractivity contribution in [3.05, 3.63) is 52.8 Å². The van der Waals surface area contributed by atoms with Gasteiger partial charge in [-0.3, -0.25) is 0 Å². The summed E-state index contributed by atoms with van der Waals surface area (Å²) < 4.78 is 43.2. The monoisotopic (exact) mass is 329 g/mol. The van der Waals surface area contributed by atoms with Gasteiger partial charge in [0.05, 0.1) is 17.8 Å². The summed E-state index contributed by atoms with van der Waals surface area (Å²) in [6.07, 6.45) is 0. The van der Waals surface area contributed by atoms with Crippen molar-refractivity contribution in [2.75, 3.05) is 12.8 Å². The van der Waals surface area contributed by atoms with Gasteiger partial charge in [0, 0.05) is 16.3 Å². The Hall–Kier alpha value is -1.79. The number of methoxy groups -OCH3 is 1. The fraction of sp³-hybridized carbons (Fsp3) is 0.143. The highest BCUT2D eigenvalue weighted by Gasteiger charge is 2.19. The van der Waals surface area contributed by atoms with Gasteiger partial charge in [-0.05, 0) is 36.4 Å². The maximum atomic E-state index is 13.3. The van der Waals surface area contributed by atoms with Crippen LogP contribution in [0.25, 0.3) is 0 Å². The number of sulfone groups is 1. The Balaban J connectivity index is 2.44. The zero-order valence-corrected chi connectivity index (χ0v) is 12.7. The standard InChI is InChI=1S/C14H13ClFNO3S/c1-20-14-3-2-10(15)4-9(14)8-21(18,19)13-6-11(16)5-12(17)7-13/h2-7H,8,17H2,1H3. The highest BCUT2D eigenvalue weighted by molar-refractivity contribution is 7.90. The van der Waals surface area contributed by atoms with Crippen LogP contribution < -0.4 is 10.5 Å². The van der Waals surface area contributed by atoms with Crippen LogP contribution in [0.2, 0.25) is 5.02 Å². The summed E-state index contributed by atoms with van der Waals surface area (Å²) in [6, 6.07) is 7.88. The molecule has 0 aliphatic rings. The molecule has 4 nitrogen and oxygen atoms in total. The van der Waals surface area contributed by atoms with E-state index in [1.54, 1.807) is 12.1 Å². The number of benzene rings is 2. The third-order valence-corrected chi connectivity index (χ3v) is 4.72. The van der Waals surface area contributed by atoms with Crippen LogP contribution in [0.4, 0.5) is 10.1 Å². The lowest BCUT2D eigenvalue weighted by Crippen LogP contribution is -2.07. The third-order valence-electron chi connectivity index (χ3n) is 2.84. The van der Waals surface area contributed by atoms with Crippen LogP contribution in [-0.4, -0.2) is 15.5 Å². The van der Waals surface area contributed by atoms with Crippen molar-refractivity contribution in [3.8, 4) is 5.75 Å². The van der Waals surface area contributed by atoms with Gasteiger partial charge < -0.3 is 10.5 Å². The van der Waals surface area contributed by atoms with E-state index in [0.29, 0.717) is 16.3 Å². The molecule has 0 radical (unpaired) electrons. The van der Waals surface area contributed by atoms with E-state index < -0.39 is 15.7 Å². The summed E-state index contributed by atoms with van der Waals surface area (Å²) >= 11 is 5.87. The van der Waals surface area contributed by atoms with Gasteiger partial charge in [-0.15, -0.1) is 0 Å². The first kappa shape index (κ1) is 15.6. The lowest BCUT2D eigenvalue weighted by atomic mass is 10.2. The quantitative estimate of drug-likeness (QED) is 0.875. The van der Waals surface area contributed by atoms with Crippen LogP contribution in [0.5, 0.6) is 5.75 Å². The molecule has 0 aromatic heterocycles. The number of hydrogen-bond donors (Lipinski definition) is 1. The van der Waals surface area contributed by atoms with Gasteiger partial charge in [0.2, 0.25) is 0 Å². The number of ether oxygens (including phenoxy) is 1. The summed E-state index contributed by atoms with van der Waals surface area (Å²) in [6.45, 7) is 0. The Morgan fingerprint density at radius 1 is 1.24 bits per heavy atom. The molecule has 0 saturated carbocycles. The van der Waals surface area contributed by atoms with Gasteiger partial charge >= 0.3 is 0 Å². The van der Waals surface area contributed by atoms with E-state index in [2.05, 4.69) is 0 Å². The molecule has 0 fully saturated rings. The highest BCUT2D eigenvalue weighted by Crippen LogP contribution is 2.27. The molecule has 0 aliphatic heterocycles. The van der Waals surface area contributed by atoms with Crippen molar-refractivity contribution in [1.82, 2.24) is 0 Å². The van der Waals surface area contributed by atoms with Crippen molar-refractivity contribution in [3.63, 3.8) is 0 Å². The van der Waals surface area contributed by atoms with Gasteiger partial charge in [0.25, 0.3) is 0 Å². The molecular weight excluding hydrogens is 317 g/mol. The highest BCUT2D eigenvalue weighted by atomic mass is 35.5. The Labute approximate surface area is 127 Å². The molecule has 0 saturated heterocycles. The number of nitrogens with two attached hydrogens (primary N) is 1. The maximum absolute atomic E-state index is 13.3. The minimum atomic E-state index is -3.77. The zero-order valence-electron chi connectivity index (χ0n) is 11.1. The first-order chi connectivity index (χ1) is 9.81. The molecule has 0 aliphatic carbocycles. The molecule has 2 N–H and O–H groups in total. The van der Waals surface area contributed by atoms with Gasteiger partial charge in [-0.25, -0.2) is 12.8 Å². The minimum absolute atomic E-state index is 0.0478. The third kappa shape index (κ3) is 3.65. The average molecular weight is 330 g/mol. The summed E-state index contributed by atoms with van der Waals surface area (Å²) in [5.41, 5.74) is 5.92. The molecule has 112 valence electrons. The maximum Gasteiger partial charge on any atom is 0.182 e. The number of hydrogen-bond acceptors (Lipinski definition) is 4. The molecule has 0 amide bonds. The van der Waals surface area contributed by atoms with Crippen molar-refractivity contribution in [1.29, 1.82) is 0 Å². The van der Waals surface area contributed by atoms with Crippen molar-refractivity contribution < 1.29 is 17.5 Å². The number of anilines is 1. The fourth-order valence-electron chi connectivity index (χ4n) is 1.91. The molecule has 21 heavy (non-hydrogen) atoms. The molecule has 0 unspecified atom stereocenters. The molecule has 0 atom stereocenters. The first-order valence-electron chi connectivity index (χ1n) is 5.93. The molecule has 2 aromatic rings. The van der Waals surface area contributed by atoms with E-state index in [1.165, 1.54) is 19.2 Å². The normalized spacial score (nSPS) is 11.4. The second-order valence-corrected chi connectivity index (χ2v) is 6.86. The topological polar surface area (TPSA) is 69.4 Å². The van der Waals surface area contributed by atoms with E-state index in [4.69, 9.17) is 22.1 Å². The predicted molar refractivity (Wildman–Crippen MR) is 79.7 cm³/mol. The van der Waals surface area contributed by atoms with E-state index in [0.717, 1.165) is 12.1 Å². The largest absolute Gasteiger partial charge is 0.496 e. The van der Waals surface area contributed by atoms with Gasteiger partial charge in [-0.2, -0.15) is 0 Å². The van der Waals surface area contributed by atoms with Gasteiger partial charge in [0.15, 0.2) is 9.84 Å². The Kier molecular flexibility index (Phi) is 4.39. The van der Waals surface area contributed by atoms with Crippen molar-refractivity contribution >= 4 is 27.1 Å². The van der Waals surface area contributed by atoms with E-state index in [9.17, 15) is 12.8 Å². The van der Waals surface area contributed by atoms with Crippen molar-refractivity contribution in [2.45, 2.75) is 10.6 Å². The molecule has 0 bridgehead atoms. The number of rotatable bonds is 4. The molecule has 0 spiro atoms. The van der Waals surface area contributed by atoms with Gasteiger partial charge in [-0.1, -0.05) is 11.6 Å². The summed E-state index contributed by atoms with van der Waals surface area (Å²) in [5.74, 6) is -0.668. The first-order valence-corrected chi connectivity index (χ1v) is 7.96. The molecule has 2 rings (SSSR count). The van der Waals surface area contributed by atoms with E-state index >= 15 is 0 Å². The zero-order chi connectivity index (χ0) is 15.6. The molecule has 7 heteroatoms. The van der Waals surface area contributed by atoms with E-state index in [-0.39, 0.29) is 16.3 Å².